The molecule has 4 nitrogen and oxygen atoms in total. The highest BCUT2D eigenvalue weighted by atomic mass is 35.5. The van der Waals surface area contributed by atoms with E-state index in [-0.39, 0.29) is 36.0 Å². The Hall–Kier alpha value is -2.21. The molecule has 0 aliphatic carbocycles. The van der Waals surface area contributed by atoms with Crippen molar-refractivity contribution in [3.05, 3.63) is 79.3 Å². The third-order valence-corrected chi connectivity index (χ3v) is 4.96. The number of hydrogen-bond acceptors (Lipinski definition) is 3. The largest absolute Gasteiger partial charge is 0.395 e. The van der Waals surface area contributed by atoms with Crippen molar-refractivity contribution in [1.82, 2.24) is 4.57 Å². The summed E-state index contributed by atoms with van der Waals surface area (Å²) in [4.78, 5) is 23.6. The minimum Gasteiger partial charge on any atom is -0.395 e. The van der Waals surface area contributed by atoms with Gasteiger partial charge in [-0.1, -0.05) is 35.3 Å². The average molecular weight is 394 g/mol. The van der Waals surface area contributed by atoms with E-state index in [9.17, 15) is 19.1 Å². The normalized spacial score (nSPS) is 11.1. The Kier molecular flexibility index (Phi) is 5.41. The maximum absolute atomic E-state index is 14.7. The number of halogens is 3. The number of carbonyl (C=O) groups excluding carboxylic acids is 1. The number of rotatable bonds is 5. The summed E-state index contributed by atoms with van der Waals surface area (Å²) < 4.78 is 16.1. The highest BCUT2D eigenvalue weighted by molar-refractivity contribution is 6.42. The minimum absolute atomic E-state index is 0.0515. The number of benzene rings is 2. The molecule has 134 valence electrons. The number of hydrogen-bond donors (Lipinski definition) is 1. The van der Waals surface area contributed by atoms with Crippen LogP contribution in [0.15, 0.2) is 41.3 Å². The van der Waals surface area contributed by atoms with E-state index < -0.39 is 11.2 Å². The second kappa shape index (κ2) is 7.58. The number of aldehydes is 1. The van der Waals surface area contributed by atoms with Gasteiger partial charge in [0.05, 0.1) is 27.7 Å². The lowest BCUT2D eigenvalue weighted by molar-refractivity contribution is 0.112. The van der Waals surface area contributed by atoms with Crippen LogP contribution in [0.5, 0.6) is 0 Å². The van der Waals surface area contributed by atoms with Crippen molar-refractivity contribution in [2.75, 3.05) is 6.61 Å². The molecule has 26 heavy (non-hydrogen) atoms. The number of pyridine rings is 1. The molecule has 2 aromatic carbocycles. The standard InChI is InChI=1S/C19H14Cl2FNO3/c20-15-3-1-2-12(17(15)21)6-11-7-14-18(16(22)8-11)23(4-5-24)9-13(10-25)19(14)26/h1-3,7-10,24H,4-6H2. The summed E-state index contributed by atoms with van der Waals surface area (Å²) in [5.41, 5.74) is 0.621. The van der Waals surface area contributed by atoms with Crippen LogP contribution < -0.4 is 5.43 Å². The quantitative estimate of drug-likeness (QED) is 0.669. The first-order valence-electron chi connectivity index (χ1n) is 7.80. The Morgan fingerprint density at radius 2 is 2.00 bits per heavy atom. The van der Waals surface area contributed by atoms with E-state index in [4.69, 9.17) is 23.2 Å². The van der Waals surface area contributed by atoms with Crippen LogP contribution in [0.1, 0.15) is 21.5 Å². The van der Waals surface area contributed by atoms with Crippen LogP contribution in [0.2, 0.25) is 10.0 Å². The van der Waals surface area contributed by atoms with E-state index in [1.807, 2.05) is 0 Å². The van der Waals surface area contributed by atoms with Gasteiger partial charge in [0.2, 0.25) is 0 Å². The molecule has 0 bridgehead atoms. The molecule has 7 heteroatoms. The topological polar surface area (TPSA) is 59.3 Å². The van der Waals surface area contributed by atoms with Crippen LogP contribution in [-0.2, 0) is 13.0 Å². The van der Waals surface area contributed by atoms with Crippen LogP contribution in [0.3, 0.4) is 0 Å². The molecule has 0 fully saturated rings. The van der Waals surface area contributed by atoms with Gasteiger partial charge in [0.25, 0.3) is 0 Å². The fraction of sp³-hybridized carbons (Fsp3) is 0.158. The Morgan fingerprint density at radius 3 is 2.69 bits per heavy atom. The second-order valence-corrected chi connectivity index (χ2v) is 6.60. The molecule has 0 aliphatic heterocycles. The number of fused-ring (bicyclic) bond motifs is 1. The molecule has 1 N–H and O–H groups in total. The molecule has 0 aliphatic rings. The van der Waals surface area contributed by atoms with Crippen LogP contribution in [0, 0.1) is 5.82 Å². The second-order valence-electron chi connectivity index (χ2n) is 5.81. The van der Waals surface area contributed by atoms with E-state index in [1.54, 1.807) is 24.3 Å². The molecule has 3 aromatic rings. The average Bonchev–Trinajstić information content (AvgIpc) is 2.61. The highest BCUT2D eigenvalue weighted by Gasteiger charge is 2.15. The van der Waals surface area contributed by atoms with E-state index in [1.165, 1.54) is 16.8 Å². The summed E-state index contributed by atoms with van der Waals surface area (Å²) >= 11 is 12.2. The van der Waals surface area contributed by atoms with Crippen LogP contribution in [0.4, 0.5) is 4.39 Å². The fourth-order valence-corrected chi connectivity index (χ4v) is 3.33. The van der Waals surface area contributed by atoms with Crippen molar-refractivity contribution >= 4 is 40.4 Å². The summed E-state index contributed by atoms with van der Waals surface area (Å²) in [7, 11) is 0. The van der Waals surface area contributed by atoms with Crippen molar-refractivity contribution in [1.29, 1.82) is 0 Å². The zero-order chi connectivity index (χ0) is 18.8. The summed E-state index contributed by atoms with van der Waals surface area (Å²) in [6.45, 7) is -0.191. The summed E-state index contributed by atoms with van der Waals surface area (Å²) in [6.07, 6.45) is 1.95. The lowest BCUT2D eigenvalue weighted by Gasteiger charge is -2.13. The third kappa shape index (κ3) is 3.38. The molecule has 1 aromatic heterocycles. The molecule has 0 unspecified atom stereocenters. The predicted molar refractivity (Wildman–Crippen MR) is 99.9 cm³/mol. The lowest BCUT2D eigenvalue weighted by atomic mass is 10.0. The monoisotopic (exact) mass is 393 g/mol. The fourth-order valence-electron chi connectivity index (χ4n) is 2.94. The summed E-state index contributed by atoms with van der Waals surface area (Å²) in [6, 6.07) is 8.01. The summed E-state index contributed by atoms with van der Waals surface area (Å²) in [5, 5.41) is 10.0. The highest BCUT2D eigenvalue weighted by Crippen LogP contribution is 2.28. The van der Waals surface area contributed by atoms with Crippen LogP contribution in [0.25, 0.3) is 10.9 Å². The van der Waals surface area contributed by atoms with Gasteiger partial charge >= 0.3 is 0 Å². The summed E-state index contributed by atoms with van der Waals surface area (Å²) in [5.74, 6) is -0.612. The van der Waals surface area contributed by atoms with E-state index in [0.717, 1.165) is 0 Å². The third-order valence-electron chi connectivity index (χ3n) is 4.11. The Balaban J connectivity index is 2.21. The van der Waals surface area contributed by atoms with Gasteiger partial charge < -0.3 is 9.67 Å². The van der Waals surface area contributed by atoms with Gasteiger partial charge in [-0.15, -0.1) is 0 Å². The molecule has 0 radical (unpaired) electrons. The first-order valence-corrected chi connectivity index (χ1v) is 8.56. The molecule has 3 rings (SSSR count). The van der Waals surface area contributed by atoms with E-state index in [0.29, 0.717) is 27.5 Å². The van der Waals surface area contributed by atoms with Crippen molar-refractivity contribution in [3.63, 3.8) is 0 Å². The molecule has 0 saturated carbocycles. The maximum Gasteiger partial charge on any atom is 0.200 e. The van der Waals surface area contributed by atoms with Gasteiger partial charge in [0.15, 0.2) is 11.7 Å². The Labute approximate surface area is 158 Å². The van der Waals surface area contributed by atoms with E-state index in [2.05, 4.69) is 0 Å². The number of carbonyl (C=O) groups is 1. The molecular formula is C19H14Cl2FNO3. The van der Waals surface area contributed by atoms with E-state index >= 15 is 0 Å². The molecule has 0 saturated heterocycles. The molecule has 0 spiro atoms. The minimum atomic E-state index is -0.612. The Bertz CT molecular complexity index is 1060. The molecule has 0 amide bonds. The molecular weight excluding hydrogens is 380 g/mol. The first-order chi connectivity index (χ1) is 12.5. The first kappa shape index (κ1) is 18.6. The lowest BCUT2D eigenvalue weighted by Crippen LogP contribution is -2.17. The predicted octanol–water partition coefficient (Wildman–Crippen LogP) is 3.84. The van der Waals surface area contributed by atoms with Gasteiger partial charge in [0, 0.05) is 18.1 Å². The van der Waals surface area contributed by atoms with Gasteiger partial charge in [-0.2, -0.15) is 0 Å². The maximum atomic E-state index is 14.7. The molecule has 0 atom stereocenters. The molecule has 1 heterocycles. The van der Waals surface area contributed by atoms with Gasteiger partial charge in [-0.25, -0.2) is 4.39 Å². The SMILES string of the molecule is O=Cc1cn(CCO)c2c(F)cc(Cc3cccc(Cl)c3Cl)cc2c1=O. The van der Waals surface area contributed by atoms with Crippen LogP contribution in [-0.4, -0.2) is 22.6 Å². The van der Waals surface area contributed by atoms with Gasteiger partial charge in [0.1, 0.15) is 5.82 Å². The van der Waals surface area contributed by atoms with Crippen molar-refractivity contribution in [2.24, 2.45) is 0 Å². The number of aliphatic hydroxyl groups excluding tert-OH is 1. The number of aliphatic hydroxyl groups is 1. The number of nitrogens with zero attached hydrogens (tertiary/aromatic N) is 1. The van der Waals surface area contributed by atoms with Gasteiger partial charge in [-0.05, 0) is 35.7 Å². The van der Waals surface area contributed by atoms with Crippen molar-refractivity contribution in [2.45, 2.75) is 13.0 Å². The zero-order valence-corrected chi connectivity index (χ0v) is 15.0. The smallest absolute Gasteiger partial charge is 0.200 e. The van der Waals surface area contributed by atoms with Gasteiger partial charge in [-0.3, -0.25) is 9.59 Å². The van der Waals surface area contributed by atoms with Crippen LogP contribution >= 0.6 is 23.2 Å². The zero-order valence-electron chi connectivity index (χ0n) is 13.5. The van der Waals surface area contributed by atoms with Crippen molar-refractivity contribution in [3.8, 4) is 0 Å². The van der Waals surface area contributed by atoms with Crippen molar-refractivity contribution < 1.29 is 14.3 Å². The number of aromatic nitrogens is 1. The Morgan fingerprint density at radius 1 is 1.23 bits per heavy atom.